The Morgan fingerprint density at radius 1 is 1.15 bits per heavy atom. The minimum atomic E-state index is -4.59. The van der Waals surface area contributed by atoms with Crippen molar-refractivity contribution in [1.29, 1.82) is 0 Å². The number of amides is 2. The fourth-order valence-corrected chi connectivity index (χ4v) is 7.70. The molecule has 0 saturated carbocycles. The summed E-state index contributed by atoms with van der Waals surface area (Å²) in [6, 6.07) is 2.31. The number of benzene rings is 1. The zero-order valence-corrected chi connectivity index (χ0v) is 20.2. The number of hydrogen-bond acceptors (Lipinski definition) is 7. The molecule has 1 aliphatic heterocycles. The summed E-state index contributed by atoms with van der Waals surface area (Å²) >= 11 is 1.02. The maximum absolute atomic E-state index is 13.5. The number of rotatable bonds is 5. The van der Waals surface area contributed by atoms with Crippen molar-refractivity contribution in [3.8, 4) is 0 Å². The average molecular weight is 493 g/mol. The van der Waals surface area contributed by atoms with E-state index < -0.39 is 26.8 Å². The number of fused-ring (bicyclic) bond motifs is 2. The molecule has 1 saturated heterocycles. The fraction of sp³-hybridized carbons (Fsp3) is 0.545. The van der Waals surface area contributed by atoms with Gasteiger partial charge < -0.3 is 9.94 Å². The summed E-state index contributed by atoms with van der Waals surface area (Å²) in [6.07, 6.45) is 6.43. The minimum Gasteiger partial charge on any atom is -0.608 e. The van der Waals surface area contributed by atoms with Crippen LogP contribution in [0.3, 0.4) is 0 Å². The number of aryl methyl sites for hydroxylation is 3. The van der Waals surface area contributed by atoms with Crippen LogP contribution in [0.15, 0.2) is 12.1 Å². The Bertz CT molecular complexity index is 1140. The third-order valence-electron chi connectivity index (χ3n) is 6.75. The number of nitrogens with zero attached hydrogens (tertiary/aromatic N) is 2. The molecule has 1 aromatic carbocycles. The van der Waals surface area contributed by atoms with Gasteiger partial charge in [0.15, 0.2) is 0 Å². The van der Waals surface area contributed by atoms with Crippen molar-refractivity contribution in [1.82, 2.24) is 4.37 Å². The molecule has 2 heterocycles. The molecule has 2 aromatic rings. The number of hydrogen-bond donors (Lipinski definition) is 2. The number of ether oxygens (including phenoxy) is 1. The van der Waals surface area contributed by atoms with Gasteiger partial charge in [0.25, 0.3) is 0 Å². The highest BCUT2D eigenvalue weighted by atomic mass is 32.2. The highest BCUT2D eigenvalue weighted by molar-refractivity contribution is 7.87. The van der Waals surface area contributed by atoms with Crippen LogP contribution >= 0.6 is 11.5 Å². The Hall–Kier alpha value is -2.05. The van der Waals surface area contributed by atoms with Crippen LogP contribution in [0.5, 0.6) is 0 Å². The number of carbonyl (C=O) groups is 1. The lowest BCUT2D eigenvalue weighted by Crippen LogP contribution is -3.14. The molecule has 1 fully saturated rings. The highest BCUT2D eigenvalue weighted by Crippen LogP contribution is 2.38. The summed E-state index contributed by atoms with van der Waals surface area (Å²) in [7, 11) is -4.59. The van der Waals surface area contributed by atoms with Gasteiger partial charge in [-0.25, -0.2) is 9.10 Å². The third-order valence-corrected chi connectivity index (χ3v) is 9.41. The Kier molecular flexibility index (Phi) is 6.17. The van der Waals surface area contributed by atoms with Crippen molar-refractivity contribution >= 4 is 38.5 Å². The first-order valence-electron chi connectivity index (χ1n) is 11.4. The van der Waals surface area contributed by atoms with Gasteiger partial charge in [-0.3, -0.25) is 5.32 Å². The van der Waals surface area contributed by atoms with Gasteiger partial charge in [-0.1, -0.05) is 6.07 Å². The topological polar surface area (TPSA) is 116 Å². The molecule has 5 rings (SSSR count). The summed E-state index contributed by atoms with van der Waals surface area (Å²) in [5.74, 6) is 0. The van der Waals surface area contributed by atoms with E-state index in [1.54, 1.807) is 13.0 Å². The molecule has 1 aromatic heterocycles. The van der Waals surface area contributed by atoms with Crippen LogP contribution in [-0.2, 0) is 40.6 Å². The van der Waals surface area contributed by atoms with E-state index in [2.05, 4.69) is 15.8 Å². The van der Waals surface area contributed by atoms with Crippen LogP contribution in [0.25, 0.3) is 0 Å². The predicted octanol–water partition coefficient (Wildman–Crippen LogP) is 2.27. The van der Waals surface area contributed by atoms with Gasteiger partial charge in [0, 0.05) is 13.2 Å². The Morgan fingerprint density at radius 2 is 1.79 bits per heavy atom. The number of hydroxylamine groups is 1. The number of aromatic nitrogens is 1. The number of urea groups is 1. The molecule has 1 atom stereocenters. The van der Waals surface area contributed by atoms with Crippen molar-refractivity contribution in [2.45, 2.75) is 64.3 Å². The van der Waals surface area contributed by atoms with E-state index in [9.17, 15) is 18.4 Å². The molecule has 2 aliphatic carbocycles. The Morgan fingerprint density at radius 3 is 2.36 bits per heavy atom. The Labute approximate surface area is 197 Å². The van der Waals surface area contributed by atoms with Crippen LogP contribution in [0.1, 0.15) is 53.6 Å². The molecule has 9 nitrogen and oxygen atoms in total. The maximum atomic E-state index is 13.5. The summed E-state index contributed by atoms with van der Waals surface area (Å²) < 4.78 is 36.2. The highest BCUT2D eigenvalue weighted by Gasteiger charge is 2.41. The van der Waals surface area contributed by atoms with Gasteiger partial charge in [0.05, 0.1) is 17.4 Å². The lowest BCUT2D eigenvalue weighted by molar-refractivity contribution is -0.604. The normalized spacial score (nSPS) is 19.2. The van der Waals surface area contributed by atoms with Crippen LogP contribution < -0.4 is 14.1 Å². The molecule has 2 amide bonds. The second-order valence-electron chi connectivity index (χ2n) is 8.93. The fourth-order valence-electron chi connectivity index (χ4n) is 5.21. The second-order valence-corrected chi connectivity index (χ2v) is 11.4. The summed E-state index contributed by atoms with van der Waals surface area (Å²) in [5.41, 5.74) is 5.82. The zero-order chi connectivity index (χ0) is 23.2. The van der Waals surface area contributed by atoms with Crippen LogP contribution in [-0.4, -0.2) is 38.1 Å². The maximum Gasteiger partial charge on any atom is 0.436 e. The molecular formula is C22H28N4O5S2. The molecule has 33 heavy (non-hydrogen) atoms. The van der Waals surface area contributed by atoms with Gasteiger partial charge in [-0.05, 0) is 98.1 Å². The molecule has 3 aliphatic rings. The van der Waals surface area contributed by atoms with E-state index in [-0.39, 0.29) is 0 Å². The lowest BCUT2D eigenvalue weighted by Gasteiger charge is -2.35. The first-order chi connectivity index (χ1) is 15.9. The van der Waals surface area contributed by atoms with Gasteiger partial charge in [0.1, 0.15) is 5.00 Å². The van der Waals surface area contributed by atoms with E-state index in [0.717, 1.165) is 65.5 Å². The standard InChI is InChI=1S/C22H28N4O5S2/c1-14-12-20(32-24-14)25(17-8-10-31-11-9-17)33(29,30)26(28)22(27)23-21-18-6-2-4-15(18)13-16-5-3-7-19(16)21/h12-13,17,26H,2-11H2,1H3,(H,23,27). The first-order valence-corrected chi connectivity index (χ1v) is 13.6. The quantitative estimate of drug-likeness (QED) is 0.619. The predicted molar refractivity (Wildman–Crippen MR) is 126 cm³/mol. The molecule has 1 unspecified atom stereocenters. The van der Waals surface area contributed by atoms with E-state index in [1.165, 1.54) is 11.1 Å². The SMILES string of the molecule is Cc1cc(N(C2CCOCC2)S(=O)(=O)[NH+]([O-])C(=O)Nc2c3c(cc4c2CCC4)CCC3)sn1. The summed E-state index contributed by atoms with van der Waals surface area (Å²) in [6.45, 7) is 2.56. The van der Waals surface area contributed by atoms with Crippen LogP contribution in [0.2, 0.25) is 0 Å². The van der Waals surface area contributed by atoms with E-state index in [1.807, 2.05) is 0 Å². The lowest BCUT2D eigenvalue weighted by atomic mass is 9.99. The molecule has 11 heteroatoms. The van der Waals surface area contributed by atoms with Gasteiger partial charge in [-0.2, -0.15) is 17.3 Å². The minimum absolute atomic E-state index is 0.349. The summed E-state index contributed by atoms with van der Waals surface area (Å²) in [4.78, 5) is 13.1. The van der Waals surface area contributed by atoms with Gasteiger partial charge in [-0.15, -0.1) is 0 Å². The second kappa shape index (κ2) is 8.95. The van der Waals surface area contributed by atoms with Crippen LogP contribution in [0, 0.1) is 12.1 Å². The molecule has 0 spiro atoms. The first kappa shape index (κ1) is 22.7. The van der Waals surface area contributed by atoms with Gasteiger partial charge in [0.2, 0.25) is 0 Å². The zero-order valence-electron chi connectivity index (χ0n) is 18.6. The van der Waals surface area contributed by atoms with E-state index >= 15 is 0 Å². The van der Waals surface area contributed by atoms with Crippen molar-refractivity contribution < 1.29 is 22.4 Å². The number of carbonyl (C=O) groups excluding carboxylic acids is 1. The Balaban J connectivity index is 1.45. The largest absolute Gasteiger partial charge is 0.608 e. The van der Waals surface area contributed by atoms with Gasteiger partial charge >= 0.3 is 16.2 Å². The molecule has 0 bridgehead atoms. The van der Waals surface area contributed by atoms with Crippen LogP contribution in [0.4, 0.5) is 15.5 Å². The monoisotopic (exact) mass is 492 g/mol. The molecule has 178 valence electrons. The average Bonchev–Trinajstić information content (AvgIpc) is 3.55. The number of anilines is 2. The molecule has 0 radical (unpaired) electrons. The number of quaternary nitrogens is 1. The van der Waals surface area contributed by atoms with Crippen molar-refractivity contribution in [3.63, 3.8) is 0 Å². The number of nitrogens with one attached hydrogen (secondary N) is 2. The third kappa shape index (κ3) is 4.17. The smallest absolute Gasteiger partial charge is 0.436 e. The van der Waals surface area contributed by atoms with E-state index in [4.69, 9.17) is 4.74 Å². The molecular weight excluding hydrogens is 464 g/mol. The van der Waals surface area contributed by atoms with Crippen molar-refractivity contribution in [3.05, 3.63) is 45.3 Å². The molecule has 2 N–H and O–H groups in total. The van der Waals surface area contributed by atoms with Crippen molar-refractivity contribution in [2.75, 3.05) is 22.8 Å². The van der Waals surface area contributed by atoms with Crippen molar-refractivity contribution in [2.24, 2.45) is 0 Å². The summed E-state index contributed by atoms with van der Waals surface area (Å²) in [5, 5.41) is 16.2. The van der Waals surface area contributed by atoms with E-state index in [0.29, 0.717) is 42.4 Å².